The lowest BCUT2D eigenvalue weighted by Crippen LogP contribution is -2.29. The molecule has 1 saturated heterocycles. The first-order valence-corrected chi connectivity index (χ1v) is 11.2. The van der Waals surface area contributed by atoms with Crippen molar-refractivity contribution in [3.8, 4) is 0 Å². The van der Waals surface area contributed by atoms with E-state index in [1.807, 2.05) is 36.8 Å². The minimum absolute atomic E-state index is 0.00260. The Hall–Kier alpha value is -3.51. The Bertz CT molecular complexity index is 1220. The number of pyridine rings is 2. The quantitative estimate of drug-likeness (QED) is 0.437. The number of para-hydroxylation sites is 1. The Morgan fingerprint density at radius 2 is 1.69 bits per heavy atom. The summed E-state index contributed by atoms with van der Waals surface area (Å²) in [6.07, 6.45) is 5.53. The third kappa shape index (κ3) is 3.67. The second-order valence-corrected chi connectivity index (χ2v) is 8.49. The summed E-state index contributed by atoms with van der Waals surface area (Å²) in [7, 11) is 0. The fourth-order valence-electron chi connectivity index (χ4n) is 4.58. The van der Waals surface area contributed by atoms with Crippen LogP contribution in [0.4, 0.5) is 5.69 Å². The normalized spacial score (nSPS) is 18.1. The van der Waals surface area contributed by atoms with E-state index in [2.05, 4.69) is 87.1 Å². The summed E-state index contributed by atoms with van der Waals surface area (Å²) in [5, 5.41) is 4.27. The number of benzene rings is 1. The maximum Gasteiger partial charge on any atom is 0.174 e. The van der Waals surface area contributed by atoms with Gasteiger partial charge >= 0.3 is 0 Å². The van der Waals surface area contributed by atoms with E-state index in [-0.39, 0.29) is 12.1 Å². The first-order valence-electron chi connectivity index (χ1n) is 10.7. The van der Waals surface area contributed by atoms with E-state index in [9.17, 15) is 0 Å². The second kappa shape index (κ2) is 8.55. The number of aryl methyl sites for hydroxylation is 1. The van der Waals surface area contributed by atoms with Gasteiger partial charge in [0.2, 0.25) is 0 Å². The highest BCUT2D eigenvalue weighted by molar-refractivity contribution is 7.80. The van der Waals surface area contributed by atoms with Gasteiger partial charge in [0.15, 0.2) is 5.11 Å². The summed E-state index contributed by atoms with van der Waals surface area (Å²) in [6.45, 7) is 5.18. The third-order valence-corrected chi connectivity index (χ3v) is 6.47. The lowest BCUT2D eigenvalue weighted by molar-refractivity contribution is 0.563. The van der Waals surface area contributed by atoms with E-state index in [0.29, 0.717) is 0 Å². The van der Waals surface area contributed by atoms with Crippen LogP contribution < -0.4 is 10.2 Å². The maximum absolute atomic E-state index is 5.84. The molecule has 1 aliphatic heterocycles. The SMILES string of the molecule is Cc1cc([C@H]2[C@@H](c3ccccn3)NC(=S)N2c2ccccc2)c(C)n1Cc1ccncc1. The Morgan fingerprint density at radius 3 is 2.41 bits per heavy atom. The maximum atomic E-state index is 5.84. The molecule has 0 bridgehead atoms. The largest absolute Gasteiger partial charge is 0.351 e. The van der Waals surface area contributed by atoms with Crippen LogP contribution in [0.5, 0.6) is 0 Å². The average molecular weight is 440 g/mol. The van der Waals surface area contributed by atoms with Crippen molar-refractivity contribution in [1.29, 1.82) is 0 Å². The molecule has 0 radical (unpaired) electrons. The minimum Gasteiger partial charge on any atom is -0.351 e. The molecule has 5 nitrogen and oxygen atoms in total. The summed E-state index contributed by atoms with van der Waals surface area (Å²) >= 11 is 5.84. The Morgan fingerprint density at radius 1 is 0.938 bits per heavy atom. The fraction of sp³-hybridized carbons (Fsp3) is 0.192. The average Bonchev–Trinajstić information content (AvgIpc) is 3.32. The molecule has 6 heteroatoms. The number of nitrogens with one attached hydrogen (secondary N) is 1. The monoisotopic (exact) mass is 439 g/mol. The lowest BCUT2D eigenvalue weighted by atomic mass is 9.96. The van der Waals surface area contributed by atoms with Gasteiger partial charge in [-0.25, -0.2) is 0 Å². The number of anilines is 1. The molecule has 1 N–H and O–H groups in total. The van der Waals surface area contributed by atoms with Crippen molar-refractivity contribution in [2.75, 3.05) is 4.90 Å². The van der Waals surface area contributed by atoms with Gasteiger partial charge in [0.1, 0.15) is 0 Å². The van der Waals surface area contributed by atoms with E-state index >= 15 is 0 Å². The Labute approximate surface area is 193 Å². The topological polar surface area (TPSA) is 46.0 Å². The molecule has 160 valence electrons. The zero-order chi connectivity index (χ0) is 22.1. The van der Waals surface area contributed by atoms with E-state index < -0.39 is 0 Å². The summed E-state index contributed by atoms with van der Waals surface area (Å²) in [5.74, 6) is 0. The van der Waals surface area contributed by atoms with Crippen LogP contribution in [0.3, 0.4) is 0 Å². The van der Waals surface area contributed by atoms with Crippen LogP contribution in [0.15, 0.2) is 85.3 Å². The molecular weight excluding hydrogens is 414 g/mol. The number of rotatable bonds is 5. The van der Waals surface area contributed by atoms with Gasteiger partial charge in [-0.15, -0.1) is 0 Å². The number of thiocarbonyl (C=S) groups is 1. The van der Waals surface area contributed by atoms with E-state index in [1.54, 1.807) is 0 Å². The van der Waals surface area contributed by atoms with Crippen LogP contribution >= 0.6 is 12.2 Å². The van der Waals surface area contributed by atoms with Gasteiger partial charge in [-0.2, -0.15) is 0 Å². The predicted molar refractivity (Wildman–Crippen MR) is 132 cm³/mol. The van der Waals surface area contributed by atoms with Gasteiger partial charge in [-0.05, 0) is 79.7 Å². The Balaban J connectivity index is 1.62. The van der Waals surface area contributed by atoms with Gasteiger partial charge in [0.25, 0.3) is 0 Å². The van der Waals surface area contributed by atoms with Gasteiger partial charge in [-0.3, -0.25) is 9.97 Å². The molecule has 1 fully saturated rings. The molecule has 3 aromatic heterocycles. The van der Waals surface area contributed by atoms with Crippen LogP contribution in [-0.2, 0) is 6.54 Å². The number of hydrogen-bond acceptors (Lipinski definition) is 3. The van der Waals surface area contributed by atoms with E-state index in [0.717, 1.165) is 23.0 Å². The molecule has 5 rings (SSSR count). The van der Waals surface area contributed by atoms with Crippen molar-refractivity contribution in [3.05, 3.63) is 114 Å². The van der Waals surface area contributed by atoms with Gasteiger partial charge in [-0.1, -0.05) is 24.3 Å². The highest BCUT2D eigenvalue weighted by Gasteiger charge is 2.42. The molecule has 4 heterocycles. The van der Waals surface area contributed by atoms with Gasteiger partial charge < -0.3 is 14.8 Å². The molecule has 1 aromatic carbocycles. The van der Waals surface area contributed by atoms with Crippen LogP contribution in [0, 0.1) is 13.8 Å². The molecule has 0 unspecified atom stereocenters. The van der Waals surface area contributed by atoms with Crippen LogP contribution in [0.2, 0.25) is 0 Å². The Kier molecular flexibility index (Phi) is 5.45. The zero-order valence-electron chi connectivity index (χ0n) is 18.1. The molecule has 4 aromatic rings. The standard InChI is InChI=1S/C26H25N5S/c1-18-16-22(19(2)30(18)17-20-11-14-27-15-12-20)25-24(23-10-6-7-13-28-23)29-26(32)31(25)21-8-4-3-5-9-21/h3-16,24-25H,17H2,1-2H3,(H,29,32)/t24-,25+/m1/s1. The van der Waals surface area contributed by atoms with Crippen LogP contribution in [-0.4, -0.2) is 19.6 Å². The predicted octanol–water partition coefficient (Wildman–Crippen LogP) is 5.12. The van der Waals surface area contributed by atoms with E-state index in [1.165, 1.54) is 22.5 Å². The summed E-state index contributed by atoms with van der Waals surface area (Å²) in [5.41, 5.74) is 7.00. The molecule has 0 saturated carbocycles. The summed E-state index contributed by atoms with van der Waals surface area (Å²) < 4.78 is 2.37. The van der Waals surface area contributed by atoms with Crippen molar-refractivity contribution in [2.45, 2.75) is 32.5 Å². The first kappa shape index (κ1) is 20.4. The first-order chi connectivity index (χ1) is 15.6. The van der Waals surface area contributed by atoms with Crippen molar-refractivity contribution in [3.63, 3.8) is 0 Å². The number of hydrogen-bond donors (Lipinski definition) is 1. The molecule has 2 atom stereocenters. The second-order valence-electron chi connectivity index (χ2n) is 8.10. The molecule has 1 aliphatic rings. The fourth-order valence-corrected chi connectivity index (χ4v) is 4.92. The summed E-state index contributed by atoms with van der Waals surface area (Å²) in [6, 6.07) is 22.8. The molecule has 0 spiro atoms. The summed E-state index contributed by atoms with van der Waals surface area (Å²) in [4.78, 5) is 11.0. The smallest absolute Gasteiger partial charge is 0.174 e. The van der Waals surface area contributed by atoms with Crippen molar-refractivity contribution >= 4 is 23.0 Å². The van der Waals surface area contributed by atoms with Crippen molar-refractivity contribution < 1.29 is 0 Å². The highest BCUT2D eigenvalue weighted by Crippen LogP contribution is 2.43. The van der Waals surface area contributed by atoms with Gasteiger partial charge in [0.05, 0.1) is 17.8 Å². The van der Waals surface area contributed by atoms with Gasteiger partial charge in [0, 0.05) is 42.2 Å². The molecular formula is C26H25N5S. The lowest BCUT2D eigenvalue weighted by Gasteiger charge is -2.28. The zero-order valence-corrected chi connectivity index (χ0v) is 19.0. The molecule has 0 amide bonds. The van der Waals surface area contributed by atoms with Crippen LogP contribution in [0.1, 0.15) is 40.3 Å². The molecule has 0 aliphatic carbocycles. The third-order valence-electron chi connectivity index (χ3n) is 6.15. The van der Waals surface area contributed by atoms with E-state index in [4.69, 9.17) is 12.2 Å². The van der Waals surface area contributed by atoms with Crippen LogP contribution in [0.25, 0.3) is 0 Å². The number of nitrogens with zero attached hydrogens (tertiary/aromatic N) is 4. The number of aromatic nitrogens is 3. The minimum atomic E-state index is -0.0428. The molecule has 32 heavy (non-hydrogen) atoms. The van der Waals surface area contributed by atoms with Crippen molar-refractivity contribution in [1.82, 2.24) is 19.9 Å². The highest BCUT2D eigenvalue weighted by atomic mass is 32.1. The van der Waals surface area contributed by atoms with Crippen molar-refractivity contribution in [2.24, 2.45) is 0 Å².